The fourth-order valence-electron chi connectivity index (χ4n) is 2.89. The molecule has 3 rings (SSSR count). The van der Waals surface area contributed by atoms with E-state index in [-0.39, 0.29) is 0 Å². The highest BCUT2D eigenvalue weighted by Gasteiger charge is 2.17. The van der Waals surface area contributed by atoms with Gasteiger partial charge in [0.05, 0.1) is 0 Å². The van der Waals surface area contributed by atoms with E-state index in [1.165, 1.54) is 43.5 Å². The Labute approximate surface area is 108 Å². The predicted octanol–water partition coefficient (Wildman–Crippen LogP) is 2.66. The van der Waals surface area contributed by atoms with Crippen molar-refractivity contribution in [1.82, 2.24) is 5.32 Å². The third kappa shape index (κ3) is 2.46. The second kappa shape index (κ2) is 5.19. The van der Waals surface area contributed by atoms with Crippen LogP contribution in [0.25, 0.3) is 0 Å². The van der Waals surface area contributed by atoms with Crippen molar-refractivity contribution < 1.29 is 9.47 Å². The summed E-state index contributed by atoms with van der Waals surface area (Å²) in [5, 5.41) is 3.48. The molecule has 3 nitrogen and oxygen atoms in total. The van der Waals surface area contributed by atoms with E-state index in [0.29, 0.717) is 6.79 Å². The number of benzene rings is 1. The van der Waals surface area contributed by atoms with Crippen molar-refractivity contribution in [3.8, 4) is 11.5 Å². The molecule has 2 aliphatic heterocycles. The Bertz CT molecular complexity index is 425. The molecule has 1 saturated heterocycles. The van der Waals surface area contributed by atoms with Crippen molar-refractivity contribution in [1.29, 1.82) is 0 Å². The largest absolute Gasteiger partial charge is 0.454 e. The van der Waals surface area contributed by atoms with Gasteiger partial charge in [-0.15, -0.1) is 0 Å². The molecule has 1 aromatic carbocycles. The number of nitrogens with one attached hydrogen (secondary N) is 1. The van der Waals surface area contributed by atoms with Crippen LogP contribution in [0, 0.1) is 12.8 Å². The molecule has 0 aliphatic carbocycles. The maximum atomic E-state index is 5.45. The van der Waals surface area contributed by atoms with E-state index in [1.54, 1.807) is 0 Å². The van der Waals surface area contributed by atoms with Gasteiger partial charge in [0.2, 0.25) is 6.79 Å². The first-order valence-corrected chi connectivity index (χ1v) is 6.93. The van der Waals surface area contributed by atoms with Crippen molar-refractivity contribution in [3.05, 3.63) is 23.3 Å². The van der Waals surface area contributed by atoms with Gasteiger partial charge in [0.1, 0.15) is 0 Å². The maximum absolute atomic E-state index is 5.45. The summed E-state index contributed by atoms with van der Waals surface area (Å²) in [6, 6.07) is 4.27. The molecule has 0 bridgehead atoms. The molecule has 1 aromatic rings. The van der Waals surface area contributed by atoms with Crippen molar-refractivity contribution in [2.45, 2.75) is 32.6 Å². The van der Waals surface area contributed by atoms with Crippen LogP contribution in [-0.2, 0) is 6.42 Å². The van der Waals surface area contributed by atoms with Gasteiger partial charge in [-0.3, -0.25) is 0 Å². The number of piperidine rings is 1. The zero-order chi connectivity index (χ0) is 12.4. The summed E-state index contributed by atoms with van der Waals surface area (Å²) in [6.45, 7) is 4.91. The predicted molar refractivity (Wildman–Crippen MR) is 71.2 cm³/mol. The van der Waals surface area contributed by atoms with E-state index in [0.717, 1.165) is 23.8 Å². The van der Waals surface area contributed by atoms with E-state index in [4.69, 9.17) is 9.47 Å². The normalized spacial score (nSPS) is 22.2. The maximum Gasteiger partial charge on any atom is 0.231 e. The van der Waals surface area contributed by atoms with Gasteiger partial charge in [0, 0.05) is 0 Å². The van der Waals surface area contributed by atoms with Crippen LogP contribution in [0.4, 0.5) is 0 Å². The average Bonchev–Trinajstić information content (AvgIpc) is 2.84. The van der Waals surface area contributed by atoms with Gasteiger partial charge in [0.15, 0.2) is 11.5 Å². The fraction of sp³-hybridized carbons (Fsp3) is 0.600. The number of hydrogen-bond acceptors (Lipinski definition) is 3. The van der Waals surface area contributed by atoms with E-state index in [9.17, 15) is 0 Å². The van der Waals surface area contributed by atoms with Crippen LogP contribution in [0.2, 0.25) is 0 Å². The first-order chi connectivity index (χ1) is 8.83. The molecule has 2 heterocycles. The minimum Gasteiger partial charge on any atom is -0.454 e. The third-order valence-electron chi connectivity index (χ3n) is 4.05. The molecule has 0 saturated carbocycles. The van der Waals surface area contributed by atoms with Crippen molar-refractivity contribution in [3.63, 3.8) is 0 Å². The van der Waals surface area contributed by atoms with Gasteiger partial charge in [-0.1, -0.05) is 0 Å². The molecule has 1 fully saturated rings. The SMILES string of the molecule is Cc1cc2c(cc1CCC1CCCNC1)OCO2. The highest BCUT2D eigenvalue weighted by atomic mass is 16.7. The van der Waals surface area contributed by atoms with Crippen molar-refractivity contribution in [2.24, 2.45) is 5.92 Å². The molecule has 2 aliphatic rings. The molecule has 0 aromatic heterocycles. The first-order valence-electron chi connectivity index (χ1n) is 6.93. The van der Waals surface area contributed by atoms with Crippen molar-refractivity contribution >= 4 is 0 Å². The summed E-state index contributed by atoms with van der Waals surface area (Å²) in [6.07, 6.45) is 5.11. The number of fused-ring (bicyclic) bond motifs is 1. The lowest BCUT2D eigenvalue weighted by Crippen LogP contribution is -2.29. The van der Waals surface area contributed by atoms with Crippen LogP contribution in [0.5, 0.6) is 11.5 Å². The number of hydrogen-bond donors (Lipinski definition) is 1. The Balaban J connectivity index is 1.65. The zero-order valence-corrected chi connectivity index (χ0v) is 11.0. The van der Waals surface area contributed by atoms with Gasteiger partial charge in [-0.2, -0.15) is 0 Å². The number of rotatable bonds is 3. The molecule has 0 radical (unpaired) electrons. The van der Waals surface area contributed by atoms with Gasteiger partial charge >= 0.3 is 0 Å². The van der Waals surface area contributed by atoms with Crippen LogP contribution >= 0.6 is 0 Å². The van der Waals surface area contributed by atoms with Gasteiger partial charge < -0.3 is 14.8 Å². The highest BCUT2D eigenvalue weighted by molar-refractivity contribution is 5.48. The third-order valence-corrected chi connectivity index (χ3v) is 4.05. The number of ether oxygens (including phenoxy) is 2. The molecule has 1 N–H and O–H groups in total. The Morgan fingerprint density at radius 3 is 2.89 bits per heavy atom. The van der Waals surface area contributed by atoms with Crippen LogP contribution in [0.3, 0.4) is 0 Å². The monoisotopic (exact) mass is 247 g/mol. The molecule has 1 atom stereocenters. The standard InChI is InChI=1S/C15H21NO2/c1-11-7-14-15(18-10-17-14)8-13(11)5-4-12-3-2-6-16-9-12/h7-8,12,16H,2-6,9-10H2,1H3. The minimum absolute atomic E-state index is 0.366. The Hall–Kier alpha value is -1.22. The summed E-state index contributed by atoms with van der Waals surface area (Å²) >= 11 is 0. The quantitative estimate of drug-likeness (QED) is 0.890. The molecular formula is C15H21NO2. The van der Waals surface area contributed by atoms with E-state index in [1.807, 2.05) is 0 Å². The second-order valence-electron chi connectivity index (χ2n) is 5.38. The summed E-state index contributed by atoms with van der Waals surface area (Å²) in [4.78, 5) is 0. The van der Waals surface area contributed by atoms with Gasteiger partial charge in [0.25, 0.3) is 0 Å². The molecule has 1 unspecified atom stereocenters. The average molecular weight is 247 g/mol. The Morgan fingerprint density at radius 1 is 1.28 bits per heavy atom. The van der Waals surface area contributed by atoms with E-state index >= 15 is 0 Å². The lowest BCUT2D eigenvalue weighted by atomic mass is 9.91. The van der Waals surface area contributed by atoms with E-state index in [2.05, 4.69) is 24.4 Å². The smallest absolute Gasteiger partial charge is 0.231 e. The highest BCUT2D eigenvalue weighted by Crippen LogP contribution is 2.35. The lowest BCUT2D eigenvalue weighted by Gasteiger charge is -2.22. The molecule has 0 spiro atoms. The Morgan fingerprint density at radius 2 is 2.11 bits per heavy atom. The van der Waals surface area contributed by atoms with Gasteiger partial charge in [-0.05, 0) is 74.9 Å². The zero-order valence-electron chi connectivity index (χ0n) is 11.0. The van der Waals surface area contributed by atoms with Crippen LogP contribution in [0.15, 0.2) is 12.1 Å². The summed E-state index contributed by atoms with van der Waals surface area (Å²) in [5.41, 5.74) is 2.73. The molecule has 98 valence electrons. The molecule has 3 heteroatoms. The second-order valence-corrected chi connectivity index (χ2v) is 5.38. The minimum atomic E-state index is 0.366. The van der Waals surface area contributed by atoms with Gasteiger partial charge in [-0.25, -0.2) is 0 Å². The molecule has 18 heavy (non-hydrogen) atoms. The molecular weight excluding hydrogens is 226 g/mol. The van der Waals surface area contributed by atoms with Crippen LogP contribution < -0.4 is 14.8 Å². The van der Waals surface area contributed by atoms with Crippen molar-refractivity contribution in [2.75, 3.05) is 19.9 Å². The first kappa shape index (κ1) is 11.8. The number of aryl methyl sites for hydroxylation is 2. The van der Waals surface area contributed by atoms with E-state index < -0.39 is 0 Å². The summed E-state index contributed by atoms with van der Waals surface area (Å²) in [5.74, 6) is 2.65. The topological polar surface area (TPSA) is 30.5 Å². The summed E-state index contributed by atoms with van der Waals surface area (Å²) in [7, 11) is 0. The lowest BCUT2D eigenvalue weighted by molar-refractivity contribution is 0.174. The summed E-state index contributed by atoms with van der Waals surface area (Å²) < 4.78 is 10.8. The Kier molecular flexibility index (Phi) is 3.41. The fourth-order valence-corrected chi connectivity index (χ4v) is 2.89. The van der Waals surface area contributed by atoms with Crippen LogP contribution in [-0.4, -0.2) is 19.9 Å². The van der Waals surface area contributed by atoms with Crippen LogP contribution in [0.1, 0.15) is 30.4 Å². The molecule has 0 amide bonds.